The predicted molar refractivity (Wildman–Crippen MR) is 64.7 cm³/mol. The van der Waals surface area contributed by atoms with E-state index in [1.54, 1.807) is 31.3 Å². The van der Waals surface area contributed by atoms with Crippen LogP contribution in [0.25, 0.3) is 0 Å². The van der Waals surface area contributed by atoms with Gasteiger partial charge < -0.3 is 10.0 Å². The minimum Gasteiger partial charge on any atom is -0.481 e. The normalized spacial score (nSPS) is 11.3. The number of carbonyl (C=O) groups excluding carboxylic acids is 1. The molecule has 0 aliphatic heterocycles. The summed E-state index contributed by atoms with van der Waals surface area (Å²) in [7, 11) is 1.54. The minimum atomic E-state index is -0.937. The van der Waals surface area contributed by atoms with Crippen LogP contribution in [0, 0.1) is 17.2 Å². The topological polar surface area (TPSA) is 81.4 Å². The Labute approximate surface area is 105 Å². The Bertz CT molecular complexity index is 462. The monoisotopic (exact) mass is 246 g/mol. The van der Waals surface area contributed by atoms with E-state index in [1.165, 1.54) is 4.90 Å². The first kappa shape index (κ1) is 13.7. The fourth-order valence-electron chi connectivity index (χ4n) is 1.62. The van der Waals surface area contributed by atoms with Crippen LogP contribution < -0.4 is 0 Å². The van der Waals surface area contributed by atoms with Gasteiger partial charge in [0.15, 0.2) is 0 Å². The predicted octanol–water partition coefficient (Wildman–Crippen LogP) is 0.890. The van der Waals surface area contributed by atoms with Gasteiger partial charge in [-0.15, -0.1) is 0 Å². The molecule has 5 heteroatoms. The number of aliphatic carboxylic acids is 1. The third-order valence-electron chi connectivity index (χ3n) is 2.60. The summed E-state index contributed by atoms with van der Waals surface area (Å²) in [5, 5.41) is 17.7. The van der Waals surface area contributed by atoms with E-state index in [1.807, 2.05) is 6.07 Å². The van der Waals surface area contributed by atoms with Gasteiger partial charge in [-0.25, -0.2) is 0 Å². The number of hydrogen-bond acceptors (Lipinski definition) is 3. The molecule has 0 fully saturated rings. The van der Waals surface area contributed by atoms with Crippen molar-refractivity contribution in [2.45, 2.75) is 6.42 Å². The number of amides is 1. The lowest BCUT2D eigenvalue weighted by molar-refractivity contribution is -0.142. The number of carboxylic acid groups (broad SMARTS) is 1. The Kier molecular flexibility index (Phi) is 4.88. The highest BCUT2D eigenvalue weighted by Gasteiger charge is 2.19. The van der Waals surface area contributed by atoms with Crippen molar-refractivity contribution < 1.29 is 14.7 Å². The van der Waals surface area contributed by atoms with Crippen molar-refractivity contribution in [1.82, 2.24) is 4.90 Å². The van der Waals surface area contributed by atoms with E-state index in [2.05, 4.69) is 0 Å². The van der Waals surface area contributed by atoms with Gasteiger partial charge >= 0.3 is 5.97 Å². The van der Waals surface area contributed by atoms with Gasteiger partial charge in [-0.3, -0.25) is 9.59 Å². The van der Waals surface area contributed by atoms with Crippen LogP contribution in [0.2, 0.25) is 0 Å². The average Bonchev–Trinajstić information content (AvgIpc) is 2.38. The van der Waals surface area contributed by atoms with Gasteiger partial charge in [0.25, 0.3) is 0 Å². The zero-order chi connectivity index (χ0) is 13.5. The molecule has 1 rings (SSSR count). The van der Waals surface area contributed by atoms with E-state index in [0.29, 0.717) is 18.4 Å². The minimum absolute atomic E-state index is 0.166. The summed E-state index contributed by atoms with van der Waals surface area (Å²) in [6, 6.07) is 8.76. The lowest BCUT2D eigenvalue weighted by Crippen LogP contribution is -2.30. The molecule has 1 aromatic carbocycles. The van der Waals surface area contributed by atoms with Crippen LogP contribution >= 0.6 is 0 Å². The fraction of sp³-hybridized carbons (Fsp3) is 0.308. The molecule has 0 saturated heterocycles. The van der Waals surface area contributed by atoms with E-state index in [4.69, 9.17) is 10.4 Å². The van der Waals surface area contributed by atoms with Crippen LogP contribution in [0.15, 0.2) is 24.3 Å². The van der Waals surface area contributed by atoms with E-state index < -0.39 is 11.9 Å². The molecule has 1 aromatic rings. The summed E-state index contributed by atoms with van der Waals surface area (Å²) in [5.41, 5.74) is 1.37. The van der Waals surface area contributed by atoms with Crippen molar-refractivity contribution in [2.24, 2.45) is 5.92 Å². The van der Waals surface area contributed by atoms with Gasteiger partial charge in [-0.05, 0) is 24.1 Å². The molecule has 0 aliphatic carbocycles. The summed E-state index contributed by atoms with van der Waals surface area (Å²) < 4.78 is 0. The van der Waals surface area contributed by atoms with Crippen molar-refractivity contribution >= 4 is 12.4 Å². The van der Waals surface area contributed by atoms with Gasteiger partial charge in [0, 0.05) is 13.6 Å². The molecule has 5 nitrogen and oxygen atoms in total. The fourth-order valence-corrected chi connectivity index (χ4v) is 1.62. The molecule has 0 saturated carbocycles. The number of rotatable bonds is 6. The van der Waals surface area contributed by atoms with E-state index in [9.17, 15) is 9.59 Å². The first-order valence-electron chi connectivity index (χ1n) is 5.44. The Balaban J connectivity index is 2.74. The van der Waals surface area contributed by atoms with Gasteiger partial charge in [-0.2, -0.15) is 5.26 Å². The van der Waals surface area contributed by atoms with Crippen molar-refractivity contribution in [2.75, 3.05) is 13.6 Å². The van der Waals surface area contributed by atoms with Gasteiger partial charge in [-0.1, -0.05) is 12.1 Å². The molecule has 1 N–H and O–H groups in total. The summed E-state index contributed by atoms with van der Waals surface area (Å²) in [5.74, 6) is -1.58. The van der Waals surface area contributed by atoms with Gasteiger partial charge in [0.1, 0.15) is 0 Å². The lowest BCUT2D eigenvalue weighted by atomic mass is 9.98. The number of benzene rings is 1. The summed E-state index contributed by atoms with van der Waals surface area (Å²) in [4.78, 5) is 22.9. The third-order valence-corrected chi connectivity index (χ3v) is 2.60. The number of carbonyl (C=O) groups is 2. The quantitative estimate of drug-likeness (QED) is 0.756. The zero-order valence-electron chi connectivity index (χ0n) is 10.0. The Morgan fingerprint density at radius 1 is 1.50 bits per heavy atom. The molecule has 94 valence electrons. The molecule has 0 spiro atoms. The highest BCUT2D eigenvalue weighted by molar-refractivity contribution is 5.71. The molecule has 0 bridgehead atoms. The largest absolute Gasteiger partial charge is 0.481 e. The Morgan fingerprint density at radius 2 is 2.11 bits per heavy atom. The van der Waals surface area contributed by atoms with Crippen molar-refractivity contribution in [3.63, 3.8) is 0 Å². The molecule has 18 heavy (non-hydrogen) atoms. The summed E-state index contributed by atoms with van der Waals surface area (Å²) >= 11 is 0. The van der Waals surface area contributed by atoms with Crippen LogP contribution in [0.4, 0.5) is 0 Å². The van der Waals surface area contributed by atoms with Crippen molar-refractivity contribution in [3.05, 3.63) is 35.4 Å². The average molecular weight is 246 g/mol. The molecule has 1 unspecified atom stereocenters. The van der Waals surface area contributed by atoms with Crippen LogP contribution in [-0.2, 0) is 16.0 Å². The third kappa shape index (κ3) is 3.91. The molecular weight excluding hydrogens is 232 g/mol. The summed E-state index contributed by atoms with van der Waals surface area (Å²) in [6.45, 7) is 0.166. The highest BCUT2D eigenvalue weighted by atomic mass is 16.4. The maximum absolute atomic E-state index is 11.1. The second-order valence-corrected chi connectivity index (χ2v) is 4.09. The number of hydrogen-bond donors (Lipinski definition) is 1. The SMILES string of the molecule is CN(C=O)CC(Cc1ccc(C#N)cc1)C(=O)O. The first-order valence-corrected chi connectivity index (χ1v) is 5.44. The Morgan fingerprint density at radius 3 is 2.56 bits per heavy atom. The molecule has 1 atom stereocenters. The summed E-state index contributed by atoms with van der Waals surface area (Å²) in [6.07, 6.45) is 0.938. The molecule has 0 heterocycles. The molecule has 0 aromatic heterocycles. The zero-order valence-corrected chi connectivity index (χ0v) is 10.0. The van der Waals surface area contributed by atoms with Crippen molar-refractivity contribution in [1.29, 1.82) is 5.26 Å². The molecule has 0 radical (unpaired) electrons. The van der Waals surface area contributed by atoms with Gasteiger partial charge in [0.2, 0.25) is 6.41 Å². The lowest BCUT2D eigenvalue weighted by Gasteiger charge is -2.17. The van der Waals surface area contributed by atoms with Crippen LogP contribution in [-0.4, -0.2) is 36.0 Å². The Hall–Kier alpha value is -2.35. The van der Waals surface area contributed by atoms with Crippen LogP contribution in [0.5, 0.6) is 0 Å². The number of carboxylic acids is 1. The van der Waals surface area contributed by atoms with E-state index in [-0.39, 0.29) is 6.54 Å². The standard InChI is InChI=1S/C13H14N2O3/c1-15(9-16)8-12(13(17)18)6-10-2-4-11(7-14)5-3-10/h2-5,9,12H,6,8H2,1H3,(H,17,18). The van der Waals surface area contributed by atoms with Crippen LogP contribution in [0.3, 0.4) is 0 Å². The van der Waals surface area contributed by atoms with Crippen molar-refractivity contribution in [3.8, 4) is 6.07 Å². The number of nitriles is 1. The maximum atomic E-state index is 11.1. The molecular formula is C13H14N2O3. The number of nitrogens with zero attached hydrogens (tertiary/aromatic N) is 2. The maximum Gasteiger partial charge on any atom is 0.308 e. The van der Waals surface area contributed by atoms with Gasteiger partial charge in [0.05, 0.1) is 17.6 Å². The second kappa shape index (κ2) is 6.40. The molecule has 1 amide bonds. The second-order valence-electron chi connectivity index (χ2n) is 4.09. The van der Waals surface area contributed by atoms with E-state index >= 15 is 0 Å². The first-order chi connectivity index (χ1) is 8.56. The smallest absolute Gasteiger partial charge is 0.308 e. The molecule has 0 aliphatic rings. The highest BCUT2D eigenvalue weighted by Crippen LogP contribution is 2.11. The van der Waals surface area contributed by atoms with Crippen LogP contribution in [0.1, 0.15) is 11.1 Å². The van der Waals surface area contributed by atoms with E-state index in [0.717, 1.165) is 5.56 Å².